The number of nitrogens with zero attached hydrogens (tertiary/aromatic N) is 1. The monoisotopic (exact) mass is 280 g/mol. The lowest BCUT2D eigenvalue weighted by Gasteiger charge is -2.27. The van der Waals surface area contributed by atoms with Gasteiger partial charge in [0.1, 0.15) is 0 Å². The summed E-state index contributed by atoms with van der Waals surface area (Å²) in [6.45, 7) is 7.37. The summed E-state index contributed by atoms with van der Waals surface area (Å²) in [6.07, 6.45) is 5.16. The van der Waals surface area contributed by atoms with Crippen molar-refractivity contribution in [3.05, 3.63) is 28.8 Å². The fourth-order valence-electron chi connectivity index (χ4n) is 2.46. The minimum Gasteiger partial charge on any atom is -0.368 e. The predicted molar refractivity (Wildman–Crippen MR) is 84.1 cm³/mol. The van der Waals surface area contributed by atoms with Crippen molar-refractivity contribution in [2.24, 2.45) is 0 Å². The first kappa shape index (κ1) is 14.7. The highest BCUT2D eigenvalue weighted by molar-refractivity contribution is 6.31. The van der Waals surface area contributed by atoms with Crippen molar-refractivity contribution in [1.82, 2.24) is 5.32 Å². The Hall–Kier alpha value is -0.730. The van der Waals surface area contributed by atoms with Gasteiger partial charge in [0.05, 0.1) is 0 Å². The molecule has 0 amide bonds. The number of hydrogen-bond donors (Lipinski definition) is 1. The van der Waals surface area contributed by atoms with Gasteiger partial charge in [-0.1, -0.05) is 37.9 Å². The molecule has 19 heavy (non-hydrogen) atoms. The molecule has 2 nitrogen and oxygen atoms in total. The second kappa shape index (κ2) is 7.16. The van der Waals surface area contributed by atoms with Crippen LogP contribution in [0.25, 0.3) is 0 Å². The Balaban J connectivity index is 2.21. The Morgan fingerprint density at radius 2 is 2.11 bits per heavy atom. The van der Waals surface area contributed by atoms with Crippen LogP contribution in [0, 0.1) is 0 Å². The molecule has 1 aromatic rings. The van der Waals surface area contributed by atoms with Crippen molar-refractivity contribution in [1.29, 1.82) is 0 Å². The van der Waals surface area contributed by atoms with Gasteiger partial charge in [-0.15, -0.1) is 0 Å². The molecule has 1 N–H and O–H groups in total. The fourth-order valence-corrected chi connectivity index (χ4v) is 2.69. The van der Waals surface area contributed by atoms with Crippen LogP contribution in [-0.2, 0) is 6.54 Å². The number of unbranched alkanes of at least 4 members (excludes halogenated alkanes) is 1. The van der Waals surface area contributed by atoms with Gasteiger partial charge in [0.2, 0.25) is 0 Å². The molecule has 0 radical (unpaired) electrons. The number of benzene rings is 1. The van der Waals surface area contributed by atoms with Crippen LogP contribution in [0.4, 0.5) is 5.69 Å². The smallest absolute Gasteiger partial charge is 0.0471 e. The van der Waals surface area contributed by atoms with Crippen molar-refractivity contribution in [3.63, 3.8) is 0 Å². The summed E-state index contributed by atoms with van der Waals surface area (Å²) < 4.78 is 0. The first-order valence-electron chi connectivity index (χ1n) is 7.52. The van der Waals surface area contributed by atoms with Crippen LogP contribution in [0.3, 0.4) is 0 Å². The van der Waals surface area contributed by atoms with E-state index in [0.29, 0.717) is 0 Å². The maximum atomic E-state index is 6.40. The third-order valence-electron chi connectivity index (χ3n) is 3.70. The summed E-state index contributed by atoms with van der Waals surface area (Å²) >= 11 is 6.40. The Kier molecular flexibility index (Phi) is 5.53. The summed E-state index contributed by atoms with van der Waals surface area (Å²) in [7, 11) is 0. The Bertz CT molecular complexity index is 402. The highest BCUT2D eigenvalue weighted by atomic mass is 35.5. The van der Waals surface area contributed by atoms with Gasteiger partial charge in [-0.05, 0) is 37.9 Å². The van der Waals surface area contributed by atoms with Crippen molar-refractivity contribution < 1.29 is 0 Å². The third kappa shape index (κ3) is 3.87. The van der Waals surface area contributed by atoms with E-state index in [1.807, 2.05) is 6.07 Å². The molecule has 0 heterocycles. The molecule has 3 heteroatoms. The average Bonchev–Trinajstić information content (AvgIpc) is 3.23. The maximum Gasteiger partial charge on any atom is 0.0471 e. The summed E-state index contributed by atoms with van der Waals surface area (Å²) in [5.41, 5.74) is 2.60. The molecule has 0 aromatic heterocycles. The fraction of sp³-hybridized carbons (Fsp3) is 0.625. The molecule has 0 unspecified atom stereocenters. The minimum absolute atomic E-state index is 0.741. The van der Waals surface area contributed by atoms with E-state index >= 15 is 0 Å². The van der Waals surface area contributed by atoms with Crippen LogP contribution in [-0.4, -0.2) is 19.1 Å². The molecule has 1 fully saturated rings. The van der Waals surface area contributed by atoms with E-state index in [0.717, 1.165) is 30.7 Å². The topological polar surface area (TPSA) is 15.3 Å². The molecule has 1 saturated carbocycles. The summed E-state index contributed by atoms with van der Waals surface area (Å²) in [5.74, 6) is 0. The van der Waals surface area contributed by atoms with Crippen LogP contribution >= 0.6 is 11.6 Å². The van der Waals surface area contributed by atoms with E-state index in [9.17, 15) is 0 Å². The Labute approximate surface area is 122 Å². The van der Waals surface area contributed by atoms with Crippen molar-refractivity contribution in [2.45, 2.75) is 52.1 Å². The number of hydrogen-bond acceptors (Lipinski definition) is 2. The second-order valence-corrected chi connectivity index (χ2v) is 5.70. The quantitative estimate of drug-likeness (QED) is 0.767. The van der Waals surface area contributed by atoms with Gasteiger partial charge in [-0.2, -0.15) is 0 Å². The lowest BCUT2D eigenvalue weighted by atomic mass is 10.1. The Morgan fingerprint density at radius 1 is 1.32 bits per heavy atom. The highest BCUT2D eigenvalue weighted by Crippen LogP contribution is 2.36. The van der Waals surface area contributed by atoms with Crippen LogP contribution in [0.15, 0.2) is 18.2 Å². The van der Waals surface area contributed by atoms with Crippen LogP contribution in [0.5, 0.6) is 0 Å². The van der Waals surface area contributed by atoms with Gasteiger partial charge in [-0.3, -0.25) is 0 Å². The summed E-state index contributed by atoms with van der Waals surface area (Å²) in [6, 6.07) is 7.05. The maximum absolute atomic E-state index is 6.40. The number of halogens is 1. The molecule has 1 aliphatic rings. The van der Waals surface area contributed by atoms with Crippen LogP contribution in [0.2, 0.25) is 5.02 Å². The highest BCUT2D eigenvalue weighted by Gasteiger charge is 2.30. The zero-order chi connectivity index (χ0) is 13.7. The summed E-state index contributed by atoms with van der Waals surface area (Å²) in [4.78, 5) is 2.57. The Morgan fingerprint density at radius 3 is 2.74 bits per heavy atom. The van der Waals surface area contributed by atoms with Gasteiger partial charge in [-0.25, -0.2) is 0 Å². The SMILES string of the molecule is CCCCN(c1cccc(Cl)c1CNCC)C1CC1. The van der Waals surface area contributed by atoms with E-state index < -0.39 is 0 Å². The largest absolute Gasteiger partial charge is 0.368 e. The van der Waals surface area contributed by atoms with Crippen LogP contribution < -0.4 is 10.2 Å². The van der Waals surface area contributed by atoms with E-state index in [4.69, 9.17) is 11.6 Å². The zero-order valence-electron chi connectivity index (χ0n) is 12.1. The van der Waals surface area contributed by atoms with Gasteiger partial charge < -0.3 is 10.2 Å². The number of anilines is 1. The normalized spacial score (nSPS) is 14.7. The lowest BCUT2D eigenvalue weighted by Crippen LogP contribution is -2.28. The predicted octanol–water partition coefficient (Wildman–Crippen LogP) is 4.22. The van der Waals surface area contributed by atoms with E-state index in [1.165, 1.54) is 36.9 Å². The minimum atomic E-state index is 0.741. The van der Waals surface area contributed by atoms with Crippen molar-refractivity contribution in [3.8, 4) is 0 Å². The third-order valence-corrected chi connectivity index (χ3v) is 4.05. The standard InChI is InChI=1S/C16H25ClN2/c1-3-5-11-19(13-9-10-13)16-8-6-7-15(17)14(16)12-18-4-2/h6-8,13,18H,3-5,9-12H2,1-2H3. The first-order valence-corrected chi connectivity index (χ1v) is 7.90. The van der Waals surface area contributed by atoms with E-state index in [1.54, 1.807) is 0 Å². The molecule has 106 valence electrons. The molecule has 0 saturated heterocycles. The molecule has 0 spiro atoms. The van der Waals surface area contributed by atoms with Crippen molar-refractivity contribution in [2.75, 3.05) is 18.0 Å². The molecule has 2 rings (SSSR count). The van der Waals surface area contributed by atoms with Crippen LogP contribution in [0.1, 0.15) is 45.1 Å². The second-order valence-electron chi connectivity index (χ2n) is 5.30. The molecule has 1 aliphatic carbocycles. The van der Waals surface area contributed by atoms with Gasteiger partial charge in [0.15, 0.2) is 0 Å². The molecular weight excluding hydrogens is 256 g/mol. The van der Waals surface area contributed by atoms with Crippen molar-refractivity contribution >= 4 is 17.3 Å². The molecule has 0 aliphatic heterocycles. The molecule has 0 atom stereocenters. The molecular formula is C16H25ClN2. The number of nitrogens with one attached hydrogen (secondary N) is 1. The van der Waals surface area contributed by atoms with Gasteiger partial charge >= 0.3 is 0 Å². The lowest BCUT2D eigenvalue weighted by molar-refractivity contribution is 0.693. The average molecular weight is 281 g/mol. The molecule has 0 bridgehead atoms. The van der Waals surface area contributed by atoms with Gasteiger partial charge in [0, 0.05) is 35.4 Å². The molecule has 1 aromatic carbocycles. The number of rotatable bonds is 8. The zero-order valence-corrected chi connectivity index (χ0v) is 12.8. The van der Waals surface area contributed by atoms with Gasteiger partial charge in [0.25, 0.3) is 0 Å². The first-order chi connectivity index (χ1) is 9.27. The summed E-state index contributed by atoms with van der Waals surface area (Å²) in [5, 5.41) is 4.29. The van der Waals surface area contributed by atoms with E-state index in [-0.39, 0.29) is 0 Å². The van der Waals surface area contributed by atoms with E-state index in [2.05, 4.69) is 36.2 Å².